The van der Waals surface area contributed by atoms with Gasteiger partial charge in [0.05, 0.1) is 13.2 Å². The van der Waals surface area contributed by atoms with Crippen molar-refractivity contribution < 1.29 is 9.53 Å². The van der Waals surface area contributed by atoms with Gasteiger partial charge in [-0.05, 0) is 12.1 Å². The lowest BCUT2D eigenvalue weighted by molar-refractivity contribution is 0.0298. The molecule has 1 aliphatic rings. The van der Waals surface area contributed by atoms with Crippen LogP contribution < -0.4 is 0 Å². The van der Waals surface area contributed by atoms with E-state index in [1.54, 1.807) is 17.0 Å². The minimum absolute atomic E-state index is 0.0881. The van der Waals surface area contributed by atoms with Crippen molar-refractivity contribution in [2.75, 3.05) is 26.3 Å². The molecule has 2 heterocycles. The lowest BCUT2D eigenvalue weighted by atomic mass is 10.3. The van der Waals surface area contributed by atoms with Crippen LogP contribution in [-0.4, -0.2) is 47.3 Å². The van der Waals surface area contributed by atoms with Gasteiger partial charge in [-0.1, -0.05) is 0 Å². The first kappa shape index (κ1) is 9.08. The van der Waals surface area contributed by atoms with Gasteiger partial charge < -0.3 is 9.64 Å². The van der Waals surface area contributed by atoms with E-state index in [4.69, 9.17) is 4.74 Å². The van der Waals surface area contributed by atoms with Crippen LogP contribution in [0.25, 0.3) is 0 Å². The zero-order valence-corrected chi connectivity index (χ0v) is 7.64. The zero-order valence-electron chi connectivity index (χ0n) is 7.64. The molecule has 2 rings (SSSR count). The summed E-state index contributed by atoms with van der Waals surface area (Å²) in [5.74, 6) is -0.0881. The Labute approximate surface area is 81.7 Å². The first-order valence-electron chi connectivity index (χ1n) is 4.45. The predicted octanol–water partition coefficient (Wildman–Crippen LogP) is -0.251. The standard InChI is InChI=1S/C9H10N3O2/c13-9(8-2-1-3-10-11-8)12-4-6-14-7-5-12/h1-2H,4-7H2. The van der Waals surface area contributed by atoms with Gasteiger partial charge in [0.2, 0.25) is 0 Å². The Morgan fingerprint density at radius 3 is 2.93 bits per heavy atom. The number of hydrogen-bond donors (Lipinski definition) is 0. The van der Waals surface area contributed by atoms with E-state index in [1.807, 2.05) is 0 Å². The predicted molar refractivity (Wildman–Crippen MR) is 47.6 cm³/mol. The molecule has 0 atom stereocenters. The van der Waals surface area contributed by atoms with Crippen LogP contribution in [0.4, 0.5) is 0 Å². The summed E-state index contributed by atoms with van der Waals surface area (Å²) in [4.78, 5) is 13.5. The molecule has 1 amide bonds. The second-order valence-electron chi connectivity index (χ2n) is 2.95. The number of amides is 1. The molecule has 0 N–H and O–H groups in total. The summed E-state index contributed by atoms with van der Waals surface area (Å²) < 4.78 is 5.15. The highest BCUT2D eigenvalue weighted by atomic mass is 16.5. The molecular formula is C9H10N3O2. The van der Waals surface area contributed by atoms with Gasteiger partial charge in [0.1, 0.15) is 6.20 Å². The van der Waals surface area contributed by atoms with E-state index >= 15 is 0 Å². The molecule has 1 radical (unpaired) electrons. The number of ether oxygens (including phenoxy) is 1. The van der Waals surface area contributed by atoms with Crippen LogP contribution in [0.1, 0.15) is 10.5 Å². The monoisotopic (exact) mass is 192 g/mol. The lowest BCUT2D eigenvalue weighted by Gasteiger charge is -2.26. The fraction of sp³-hybridized carbons (Fsp3) is 0.444. The summed E-state index contributed by atoms with van der Waals surface area (Å²) in [6, 6.07) is 3.20. The molecular weight excluding hydrogens is 182 g/mol. The molecule has 1 aliphatic heterocycles. The fourth-order valence-electron chi connectivity index (χ4n) is 1.31. The van der Waals surface area contributed by atoms with Crippen LogP contribution >= 0.6 is 0 Å². The van der Waals surface area contributed by atoms with E-state index in [2.05, 4.69) is 16.4 Å². The number of hydrogen-bond acceptors (Lipinski definition) is 4. The van der Waals surface area contributed by atoms with Gasteiger partial charge in [0.25, 0.3) is 5.91 Å². The highest BCUT2D eigenvalue weighted by Crippen LogP contribution is 2.03. The van der Waals surface area contributed by atoms with Crippen molar-refractivity contribution in [3.05, 3.63) is 24.0 Å². The third kappa shape index (κ3) is 1.88. The lowest BCUT2D eigenvalue weighted by Crippen LogP contribution is -2.41. The molecule has 1 saturated heterocycles. The Morgan fingerprint density at radius 2 is 2.29 bits per heavy atom. The third-order valence-electron chi connectivity index (χ3n) is 2.05. The van der Waals surface area contributed by atoms with E-state index in [0.717, 1.165) is 0 Å². The van der Waals surface area contributed by atoms with Crippen molar-refractivity contribution in [3.63, 3.8) is 0 Å². The van der Waals surface area contributed by atoms with Crippen LogP contribution in [0, 0.1) is 6.20 Å². The van der Waals surface area contributed by atoms with Crippen LogP contribution in [0.5, 0.6) is 0 Å². The first-order chi connectivity index (χ1) is 6.88. The Balaban J connectivity index is 2.07. The maximum atomic E-state index is 11.8. The number of morpholine rings is 1. The molecule has 0 unspecified atom stereocenters. The van der Waals surface area contributed by atoms with E-state index in [9.17, 15) is 4.79 Å². The summed E-state index contributed by atoms with van der Waals surface area (Å²) in [5, 5.41) is 7.26. The first-order valence-corrected chi connectivity index (χ1v) is 4.45. The molecule has 0 saturated carbocycles. The molecule has 5 nitrogen and oxygen atoms in total. The number of rotatable bonds is 1. The summed E-state index contributed by atoms with van der Waals surface area (Å²) in [7, 11) is 0. The van der Waals surface area contributed by atoms with Gasteiger partial charge in [-0.15, -0.1) is 10.2 Å². The van der Waals surface area contributed by atoms with Crippen molar-refractivity contribution in [1.82, 2.24) is 15.1 Å². The molecule has 1 aromatic heterocycles. The van der Waals surface area contributed by atoms with E-state index in [1.165, 1.54) is 0 Å². The number of carbonyl (C=O) groups is 1. The molecule has 0 aliphatic carbocycles. The van der Waals surface area contributed by atoms with Gasteiger partial charge in [-0.2, -0.15) is 0 Å². The van der Waals surface area contributed by atoms with Crippen LogP contribution in [-0.2, 0) is 4.74 Å². The molecule has 0 aromatic carbocycles. The molecule has 0 bridgehead atoms. The van der Waals surface area contributed by atoms with Crippen LogP contribution in [0.3, 0.4) is 0 Å². The van der Waals surface area contributed by atoms with E-state index in [0.29, 0.717) is 32.0 Å². The van der Waals surface area contributed by atoms with Crippen LogP contribution in [0.15, 0.2) is 12.1 Å². The van der Waals surface area contributed by atoms with Gasteiger partial charge in [-0.25, -0.2) is 0 Å². The van der Waals surface area contributed by atoms with Crippen molar-refractivity contribution in [2.45, 2.75) is 0 Å². The highest BCUT2D eigenvalue weighted by Gasteiger charge is 2.19. The fourth-order valence-corrected chi connectivity index (χ4v) is 1.31. The summed E-state index contributed by atoms with van der Waals surface area (Å²) in [6.07, 6.45) is 2.53. The zero-order chi connectivity index (χ0) is 9.80. The number of nitrogens with zero attached hydrogens (tertiary/aromatic N) is 3. The average molecular weight is 192 g/mol. The van der Waals surface area contributed by atoms with Gasteiger partial charge in [-0.3, -0.25) is 4.79 Å². The Hall–Kier alpha value is -1.49. The SMILES string of the molecule is O=C(c1cc[c]nn1)N1CCOCC1. The number of aromatic nitrogens is 2. The number of carbonyl (C=O) groups excluding carboxylic acids is 1. The average Bonchev–Trinajstić information content (AvgIpc) is 2.30. The van der Waals surface area contributed by atoms with Gasteiger partial charge in [0, 0.05) is 13.1 Å². The molecule has 0 spiro atoms. The minimum Gasteiger partial charge on any atom is -0.378 e. The second-order valence-corrected chi connectivity index (χ2v) is 2.95. The van der Waals surface area contributed by atoms with Gasteiger partial charge in [0.15, 0.2) is 5.69 Å². The third-order valence-corrected chi connectivity index (χ3v) is 2.05. The molecule has 14 heavy (non-hydrogen) atoms. The Morgan fingerprint density at radius 1 is 1.50 bits per heavy atom. The highest BCUT2D eigenvalue weighted by molar-refractivity contribution is 5.92. The summed E-state index contributed by atoms with van der Waals surface area (Å²) in [6.45, 7) is 2.44. The quantitative estimate of drug-likeness (QED) is 0.615. The van der Waals surface area contributed by atoms with Crippen molar-refractivity contribution >= 4 is 5.91 Å². The maximum absolute atomic E-state index is 11.8. The molecule has 1 aromatic rings. The van der Waals surface area contributed by atoms with Crippen molar-refractivity contribution in [3.8, 4) is 0 Å². The smallest absolute Gasteiger partial charge is 0.274 e. The molecule has 1 fully saturated rings. The minimum atomic E-state index is -0.0881. The van der Waals surface area contributed by atoms with Gasteiger partial charge >= 0.3 is 0 Å². The van der Waals surface area contributed by atoms with E-state index in [-0.39, 0.29) is 5.91 Å². The Bertz CT molecular complexity index is 309. The Kier molecular flexibility index (Phi) is 2.69. The summed E-state index contributed by atoms with van der Waals surface area (Å²) >= 11 is 0. The van der Waals surface area contributed by atoms with E-state index < -0.39 is 0 Å². The largest absolute Gasteiger partial charge is 0.378 e. The summed E-state index contributed by atoms with van der Waals surface area (Å²) in [5.41, 5.74) is 0.366. The topological polar surface area (TPSA) is 55.3 Å². The second kappa shape index (κ2) is 4.15. The van der Waals surface area contributed by atoms with Crippen LogP contribution in [0.2, 0.25) is 0 Å². The van der Waals surface area contributed by atoms with Crippen molar-refractivity contribution in [1.29, 1.82) is 0 Å². The normalized spacial score (nSPS) is 16.7. The maximum Gasteiger partial charge on any atom is 0.274 e. The molecule has 5 heteroatoms. The molecule has 73 valence electrons. The van der Waals surface area contributed by atoms with Crippen molar-refractivity contribution in [2.24, 2.45) is 0 Å².